The third-order valence-electron chi connectivity index (χ3n) is 4.36. The summed E-state index contributed by atoms with van der Waals surface area (Å²) in [5.74, 6) is -0.720. The highest BCUT2D eigenvalue weighted by Crippen LogP contribution is 2.24. The molecular weight excluding hydrogens is 344 g/mol. The SMILES string of the molecule is NCCNC(=O)C1CCCN(S(=O)(=O)Cc2noc3ccccc23)C1. The van der Waals surface area contributed by atoms with Gasteiger partial charge in [0.25, 0.3) is 0 Å². The van der Waals surface area contributed by atoms with Crippen molar-refractivity contribution in [3.63, 3.8) is 0 Å². The highest BCUT2D eigenvalue weighted by Gasteiger charge is 2.33. The third kappa shape index (κ3) is 4.00. The molecule has 2 heterocycles. The van der Waals surface area contributed by atoms with Crippen LogP contribution < -0.4 is 11.1 Å². The number of nitrogens with two attached hydrogens (primary N) is 1. The van der Waals surface area contributed by atoms with Crippen LogP contribution in [0.15, 0.2) is 28.8 Å². The normalized spacial score (nSPS) is 19.2. The molecular formula is C16H22N4O4S. The average Bonchev–Trinajstić information content (AvgIpc) is 3.02. The van der Waals surface area contributed by atoms with Gasteiger partial charge in [-0.1, -0.05) is 17.3 Å². The molecule has 1 unspecified atom stereocenters. The molecule has 136 valence electrons. The average molecular weight is 366 g/mol. The Balaban J connectivity index is 1.72. The summed E-state index contributed by atoms with van der Waals surface area (Å²) < 4.78 is 32.1. The van der Waals surface area contributed by atoms with Crippen LogP contribution >= 0.6 is 0 Å². The van der Waals surface area contributed by atoms with Gasteiger partial charge in [-0.2, -0.15) is 0 Å². The number of hydrogen-bond acceptors (Lipinski definition) is 6. The molecule has 3 N–H and O–H groups in total. The Morgan fingerprint density at radius 3 is 3.00 bits per heavy atom. The van der Waals surface area contributed by atoms with E-state index in [1.54, 1.807) is 18.2 Å². The molecule has 1 amide bonds. The number of nitrogens with one attached hydrogen (secondary N) is 1. The summed E-state index contributed by atoms with van der Waals surface area (Å²) in [5.41, 5.74) is 6.34. The summed E-state index contributed by atoms with van der Waals surface area (Å²) in [6, 6.07) is 7.16. The summed E-state index contributed by atoms with van der Waals surface area (Å²) >= 11 is 0. The van der Waals surface area contributed by atoms with Crippen molar-refractivity contribution in [3.05, 3.63) is 30.0 Å². The lowest BCUT2D eigenvalue weighted by atomic mass is 9.99. The van der Waals surface area contributed by atoms with Gasteiger partial charge in [-0.25, -0.2) is 12.7 Å². The zero-order chi connectivity index (χ0) is 17.9. The maximum absolute atomic E-state index is 12.8. The number of hydrogen-bond donors (Lipinski definition) is 2. The molecule has 0 radical (unpaired) electrons. The topological polar surface area (TPSA) is 119 Å². The number of para-hydroxylation sites is 1. The van der Waals surface area contributed by atoms with E-state index in [1.807, 2.05) is 6.07 Å². The number of nitrogens with zero attached hydrogens (tertiary/aromatic N) is 2. The smallest absolute Gasteiger partial charge is 0.224 e. The Morgan fingerprint density at radius 1 is 1.40 bits per heavy atom. The van der Waals surface area contributed by atoms with Crippen molar-refractivity contribution in [1.82, 2.24) is 14.8 Å². The van der Waals surface area contributed by atoms with Gasteiger partial charge in [-0.3, -0.25) is 4.79 Å². The van der Waals surface area contributed by atoms with Crippen molar-refractivity contribution >= 4 is 26.9 Å². The predicted molar refractivity (Wildman–Crippen MR) is 93.0 cm³/mol. The Kier molecular flexibility index (Phi) is 5.36. The van der Waals surface area contributed by atoms with Crippen LogP contribution in [-0.2, 0) is 20.6 Å². The van der Waals surface area contributed by atoms with Crippen molar-refractivity contribution in [2.24, 2.45) is 11.7 Å². The molecule has 0 aliphatic carbocycles. The maximum atomic E-state index is 12.8. The lowest BCUT2D eigenvalue weighted by molar-refractivity contribution is -0.126. The molecule has 25 heavy (non-hydrogen) atoms. The molecule has 1 fully saturated rings. The molecule has 1 aliphatic heterocycles. The summed E-state index contributed by atoms with van der Waals surface area (Å²) in [7, 11) is -3.58. The lowest BCUT2D eigenvalue weighted by Crippen LogP contribution is -2.46. The Hall–Kier alpha value is -1.97. The van der Waals surface area contributed by atoms with Gasteiger partial charge < -0.3 is 15.6 Å². The number of carbonyl (C=O) groups is 1. The first-order valence-corrected chi connectivity index (χ1v) is 9.91. The molecule has 0 bridgehead atoms. The molecule has 1 aliphatic rings. The zero-order valence-corrected chi connectivity index (χ0v) is 14.7. The molecule has 0 saturated carbocycles. The fraction of sp³-hybridized carbons (Fsp3) is 0.500. The van der Waals surface area contributed by atoms with Crippen LogP contribution in [0.4, 0.5) is 0 Å². The minimum atomic E-state index is -3.58. The van der Waals surface area contributed by atoms with Crippen LogP contribution in [0.1, 0.15) is 18.5 Å². The first-order chi connectivity index (χ1) is 12.0. The van der Waals surface area contributed by atoms with Gasteiger partial charge in [0, 0.05) is 31.6 Å². The second kappa shape index (κ2) is 7.51. The van der Waals surface area contributed by atoms with Gasteiger partial charge in [0.05, 0.1) is 5.92 Å². The van der Waals surface area contributed by atoms with Gasteiger partial charge in [0.2, 0.25) is 15.9 Å². The number of sulfonamides is 1. The van der Waals surface area contributed by atoms with E-state index < -0.39 is 10.0 Å². The molecule has 1 aromatic carbocycles. The first-order valence-electron chi connectivity index (χ1n) is 8.30. The number of amides is 1. The standard InChI is InChI=1S/C16H22N4O4S/c17-7-8-18-16(21)12-4-3-9-20(10-12)25(22,23)11-14-13-5-1-2-6-15(13)24-19-14/h1-2,5-6,12H,3-4,7-11,17H2,(H,18,21). The van der Waals surface area contributed by atoms with Crippen LogP contribution in [0.2, 0.25) is 0 Å². The van der Waals surface area contributed by atoms with E-state index in [0.29, 0.717) is 49.1 Å². The van der Waals surface area contributed by atoms with Crippen LogP contribution in [0, 0.1) is 5.92 Å². The molecule has 3 rings (SSSR count). The number of carbonyl (C=O) groups excluding carboxylic acids is 1. The number of aromatic nitrogens is 1. The van der Waals surface area contributed by atoms with E-state index in [9.17, 15) is 13.2 Å². The maximum Gasteiger partial charge on any atom is 0.224 e. The van der Waals surface area contributed by atoms with Gasteiger partial charge >= 0.3 is 0 Å². The minimum absolute atomic E-state index is 0.141. The molecule has 9 heteroatoms. The van der Waals surface area contributed by atoms with Gasteiger partial charge in [0.1, 0.15) is 11.4 Å². The number of piperidine rings is 1. The fourth-order valence-electron chi connectivity index (χ4n) is 3.06. The summed E-state index contributed by atoms with van der Waals surface area (Å²) in [6.07, 6.45) is 1.33. The van der Waals surface area contributed by atoms with E-state index in [0.717, 1.165) is 0 Å². The van der Waals surface area contributed by atoms with E-state index in [-0.39, 0.29) is 24.1 Å². The predicted octanol–water partition coefficient (Wildman–Crippen LogP) is 0.444. The van der Waals surface area contributed by atoms with Crippen LogP contribution in [-0.4, -0.2) is 50.0 Å². The van der Waals surface area contributed by atoms with Crippen LogP contribution in [0.5, 0.6) is 0 Å². The number of rotatable bonds is 6. The van der Waals surface area contributed by atoms with E-state index in [4.69, 9.17) is 10.3 Å². The van der Waals surface area contributed by atoms with Gasteiger partial charge in [-0.15, -0.1) is 0 Å². The highest BCUT2D eigenvalue weighted by molar-refractivity contribution is 7.88. The second-order valence-corrected chi connectivity index (χ2v) is 8.13. The van der Waals surface area contributed by atoms with Crippen molar-refractivity contribution < 1.29 is 17.7 Å². The Labute approximate surface area is 146 Å². The minimum Gasteiger partial charge on any atom is -0.356 e. The Morgan fingerprint density at radius 2 is 2.20 bits per heavy atom. The quantitative estimate of drug-likeness (QED) is 0.766. The van der Waals surface area contributed by atoms with Crippen molar-refractivity contribution in [1.29, 1.82) is 0 Å². The zero-order valence-electron chi connectivity index (χ0n) is 13.8. The highest BCUT2D eigenvalue weighted by atomic mass is 32.2. The summed E-state index contributed by atoms with van der Waals surface area (Å²) in [5, 5.41) is 7.32. The second-order valence-electron chi connectivity index (χ2n) is 6.16. The number of fused-ring (bicyclic) bond motifs is 1. The third-order valence-corrected chi connectivity index (χ3v) is 6.12. The molecule has 1 saturated heterocycles. The fourth-order valence-corrected chi connectivity index (χ4v) is 4.61. The monoisotopic (exact) mass is 366 g/mol. The first kappa shape index (κ1) is 17.8. The van der Waals surface area contributed by atoms with E-state index >= 15 is 0 Å². The molecule has 1 aromatic heterocycles. The van der Waals surface area contributed by atoms with Crippen molar-refractivity contribution in [2.75, 3.05) is 26.2 Å². The number of benzene rings is 1. The Bertz CT molecular complexity index is 849. The van der Waals surface area contributed by atoms with Crippen molar-refractivity contribution in [3.8, 4) is 0 Å². The largest absolute Gasteiger partial charge is 0.356 e. The molecule has 1 atom stereocenters. The summed E-state index contributed by atoms with van der Waals surface area (Å²) in [6.45, 7) is 1.36. The molecule has 8 nitrogen and oxygen atoms in total. The van der Waals surface area contributed by atoms with Gasteiger partial charge in [0.15, 0.2) is 5.58 Å². The van der Waals surface area contributed by atoms with E-state index in [2.05, 4.69) is 10.5 Å². The van der Waals surface area contributed by atoms with E-state index in [1.165, 1.54) is 4.31 Å². The van der Waals surface area contributed by atoms with Crippen LogP contribution in [0.3, 0.4) is 0 Å². The lowest BCUT2D eigenvalue weighted by Gasteiger charge is -2.31. The van der Waals surface area contributed by atoms with Crippen LogP contribution in [0.25, 0.3) is 11.0 Å². The molecule has 2 aromatic rings. The summed E-state index contributed by atoms with van der Waals surface area (Å²) in [4.78, 5) is 12.1. The molecule has 0 spiro atoms. The van der Waals surface area contributed by atoms with Crippen molar-refractivity contribution in [2.45, 2.75) is 18.6 Å². The van der Waals surface area contributed by atoms with Gasteiger partial charge in [-0.05, 0) is 25.0 Å².